The molecule has 4 heterocycles. The van der Waals surface area contributed by atoms with Crippen LogP contribution in [0.15, 0.2) is 205 Å². The normalized spacial score (nSPS) is 12.0. The first-order valence-corrected chi connectivity index (χ1v) is 28.7. The summed E-state index contributed by atoms with van der Waals surface area (Å²) in [6.07, 6.45) is 0. The fourth-order valence-electron chi connectivity index (χ4n) is 12.1. The molecule has 0 aliphatic rings. The number of aromatic nitrogens is 5. The Morgan fingerprint density at radius 3 is 1.45 bits per heavy atom. The van der Waals surface area contributed by atoms with E-state index in [0.29, 0.717) is 34.2 Å². The molecule has 14 rings (SSSR count). The Labute approximate surface area is 498 Å². The number of nitrogens with zero attached hydrogens (tertiary/aromatic N) is 5. The van der Waals surface area contributed by atoms with Crippen molar-refractivity contribution in [2.24, 2.45) is 0 Å². The summed E-state index contributed by atoms with van der Waals surface area (Å²) in [6.45, 7) is 18.3. The summed E-state index contributed by atoms with van der Waals surface area (Å²) in [7, 11) is 0. The molecule has 0 saturated heterocycles. The van der Waals surface area contributed by atoms with Crippen LogP contribution >= 0.6 is 0 Å². The molecule has 0 aliphatic carbocycles. The number of para-hydroxylation sites is 4. The molecule has 4 aromatic heterocycles. The summed E-state index contributed by atoms with van der Waals surface area (Å²) in [5, 5.41) is 4.98. The number of imidazole rings is 2. The van der Waals surface area contributed by atoms with E-state index in [0.717, 1.165) is 77.3 Å². The van der Waals surface area contributed by atoms with E-state index >= 15 is 0 Å². The summed E-state index contributed by atoms with van der Waals surface area (Å²) in [5.41, 5.74) is 19.2. The van der Waals surface area contributed by atoms with Crippen LogP contribution in [0, 0.1) is 12.1 Å². The van der Waals surface area contributed by atoms with E-state index in [1.54, 1.807) is 0 Å². The number of hydrogen-bond acceptors (Lipinski definition) is 5. The smallest absolute Gasteiger partial charge is 0.497 e. The Morgan fingerprint density at radius 2 is 0.892 bits per heavy atom. The first kappa shape index (κ1) is 53.4. The van der Waals surface area contributed by atoms with Crippen LogP contribution < -0.4 is 4.74 Å². The van der Waals surface area contributed by atoms with Crippen LogP contribution in [-0.4, -0.2) is 24.1 Å². The predicted molar refractivity (Wildman–Crippen MR) is 338 cm³/mol. The molecule has 0 unspecified atom stereocenters. The van der Waals surface area contributed by atoms with Gasteiger partial charge in [-0.3, -0.25) is 9.97 Å². The maximum absolute atomic E-state index is 7.14. The van der Waals surface area contributed by atoms with Crippen molar-refractivity contribution in [1.29, 1.82) is 0 Å². The van der Waals surface area contributed by atoms with E-state index in [1.165, 1.54) is 44.5 Å². The summed E-state index contributed by atoms with van der Waals surface area (Å²) in [5.74, 6) is 3.23. The molecule has 408 valence electrons. The number of fused-ring (bicyclic) bond motifs is 7. The SMILES string of the molecule is CC(C)c1cc(-c2ccccc2)cc(C(C)C)c1-n1c(-c2[c-]c(Oc3[c-]c(-c4nc5ccccc5n4-c4c(C(C)C)cc(-c5ccccc5)cc4C(C)C)c4oc5nc6cc7ccccc7cc6cc5c4c3)ccc2)nc2ccccc21.[Pt+2]. The minimum atomic E-state index is 0. The van der Waals surface area contributed by atoms with Crippen molar-refractivity contribution in [3.63, 3.8) is 0 Å². The minimum absolute atomic E-state index is 0. The van der Waals surface area contributed by atoms with Crippen molar-refractivity contribution < 1.29 is 30.2 Å². The maximum atomic E-state index is 7.14. The zero-order valence-corrected chi connectivity index (χ0v) is 50.0. The maximum Gasteiger partial charge on any atom is 2.00 e. The third-order valence-electron chi connectivity index (χ3n) is 16.2. The van der Waals surface area contributed by atoms with Gasteiger partial charge in [0.2, 0.25) is 5.71 Å². The molecule has 0 fully saturated rings. The van der Waals surface area contributed by atoms with Crippen molar-refractivity contribution in [3.8, 4) is 67.9 Å². The van der Waals surface area contributed by atoms with E-state index in [-0.39, 0.29) is 44.7 Å². The number of ether oxygens (including phenoxy) is 1. The van der Waals surface area contributed by atoms with Crippen LogP contribution in [0.4, 0.5) is 0 Å². The van der Waals surface area contributed by atoms with Crippen LogP contribution in [-0.2, 0) is 21.1 Å². The first-order valence-electron chi connectivity index (χ1n) is 28.7. The number of pyridine rings is 1. The minimum Gasteiger partial charge on any atom is -0.497 e. The number of benzene rings is 10. The second-order valence-electron chi connectivity index (χ2n) is 23.0. The quantitative estimate of drug-likeness (QED) is 0.0900. The third kappa shape index (κ3) is 9.42. The molecule has 0 amide bonds. The van der Waals surface area contributed by atoms with E-state index in [4.69, 9.17) is 24.1 Å². The molecule has 10 aromatic carbocycles. The van der Waals surface area contributed by atoms with Crippen molar-refractivity contribution >= 4 is 65.8 Å². The van der Waals surface area contributed by atoms with Gasteiger partial charge in [0.05, 0.1) is 44.8 Å². The van der Waals surface area contributed by atoms with Gasteiger partial charge < -0.3 is 18.3 Å². The molecule has 83 heavy (non-hydrogen) atoms. The van der Waals surface area contributed by atoms with Gasteiger partial charge in [-0.2, -0.15) is 0 Å². The van der Waals surface area contributed by atoms with Crippen LogP contribution in [0.1, 0.15) is 101 Å². The molecular formula is C75H61N5O2Pt. The number of rotatable bonds is 12. The van der Waals surface area contributed by atoms with Gasteiger partial charge >= 0.3 is 21.1 Å². The fraction of sp³-hybridized carbons (Fsp3) is 0.160. The van der Waals surface area contributed by atoms with Crippen LogP contribution in [0.5, 0.6) is 11.5 Å². The second kappa shape index (κ2) is 21.4. The van der Waals surface area contributed by atoms with E-state index in [9.17, 15) is 0 Å². The van der Waals surface area contributed by atoms with E-state index in [1.807, 2.05) is 18.2 Å². The van der Waals surface area contributed by atoms with E-state index < -0.39 is 0 Å². The zero-order chi connectivity index (χ0) is 55.9. The van der Waals surface area contributed by atoms with Crippen molar-refractivity contribution in [3.05, 3.63) is 235 Å². The Hall–Kier alpha value is -8.90. The second-order valence-corrected chi connectivity index (χ2v) is 23.0. The fourth-order valence-corrected chi connectivity index (χ4v) is 12.1. The summed E-state index contributed by atoms with van der Waals surface area (Å²) in [6, 6.07) is 78.3. The molecule has 0 bridgehead atoms. The molecule has 0 radical (unpaired) electrons. The molecule has 8 heteroatoms. The average molecular weight is 1260 g/mol. The third-order valence-corrected chi connectivity index (χ3v) is 16.2. The Kier molecular flexibility index (Phi) is 13.8. The average Bonchev–Trinajstić information content (AvgIpc) is 2.62. The van der Waals surface area contributed by atoms with Crippen molar-refractivity contribution in [2.75, 3.05) is 0 Å². The van der Waals surface area contributed by atoms with E-state index in [2.05, 4.69) is 259 Å². The van der Waals surface area contributed by atoms with Crippen LogP contribution in [0.25, 0.3) is 122 Å². The monoisotopic (exact) mass is 1260 g/mol. The van der Waals surface area contributed by atoms with Gasteiger partial charge in [0.15, 0.2) is 0 Å². The molecule has 0 saturated carbocycles. The van der Waals surface area contributed by atoms with Crippen LogP contribution in [0.3, 0.4) is 0 Å². The van der Waals surface area contributed by atoms with Crippen LogP contribution in [0.2, 0.25) is 0 Å². The standard InChI is InChI=1S/C75H61N5O2.Pt/c1-44(2)58-36-53(48-22-11-9-12-23-48)37-59(45(3)4)70(58)79-68-32-19-17-30-65(68)76-73(79)52-28-21-29-56(35-52)81-57-42-62-63-40-55-34-50-26-15-16-27-51(50)41-67(55)78-75(63)82-72(62)64(43-57)74-77-66-31-18-20-33-69(66)80(74)71-60(46(5)6)38-54(39-61(71)47(7)8)49-24-13-10-14-25-49;/h9-34,36-42,44-47H,1-8H3;/q-2;+2. The molecule has 0 spiro atoms. The summed E-state index contributed by atoms with van der Waals surface area (Å²) in [4.78, 5) is 16.2. The largest absolute Gasteiger partial charge is 2.00 e. The Morgan fingerprint density at radius 1 is 0.398 bits per heavy atom. The number of furan rings is 1. The van der Waals surface area contributed by atoms with Crippen molar-refractivity contribution in [1.82, 2.24) is 24.1 Å². The molecule has 7 nitrogen and oxygen atoms in total. The molecule has 0 N–H and O–H groups in total. The van der Waals surface area contributed by atoms with Gasteiger partial charge in [-0.05, 0) is 151 Å². The number of hydrogen-bond donors (Lipinski definition) is 0. The van der Waals surface area contributed by atoms with Gasteiger partial charge in [-0.1, -0.05) is 188 Å². The predicted octanol–water partition coefficient (Wildman–Crippen LogP) is 20.5. The Bertz CT molecular complexity index is 4740. The topological polar surface area (TPSA) is 70.9 Å². The zero-order valence-electron chi connectivity index (χ0n) is 47.7. The molecule has 0 aliphatic heterocycles. The first-order chi connectivity index (χ1) is 39.9. The van der Waals surface area contributed by atoms with Gasteiger partial charge in [0, 0.05) is 33.6 Å². The molecule has 14 aromatic rings. The van der Waals surface area contributed by atoms with Crippen molar-refractivity contribution in [2.45, 2.75) is 79.1 Å². The van der Waals surface area contributed by atoms with Gasteiger partial charge in [-0.15, -0.1) is 23.8 Å². The van der Waals surface area contributed by atoms with Gasteiger partial charge in [0.1, 0.15) is 0 Å². The summed E-state index contributed by atoms with van der Waals surface area (Å²) >= 11 is 0. The van der Waals surface area contributed by atoms with Gasteiger partial charge in [-0.25, -0.2) is 4.98 Å². The van der Waals surface area contributed by atoms with Gasteiger partial charge in [0.25, 0.3) is 0 Å². The summed E-state index contributed by atoms with van der Waals surface area (Å²) < 4.78 is 18.9. The Balaban J connectivity index is 0.00000645. The molecule has 0 atom stereocenters. The molecular weight excluding hydrogens is 1200 g/mol.